The minimum absolute atomic E-state index is 0.186. The van der Waals surface area contributed by atoms with Gasteiger partial charge in [0.1, 0.15) is 0 Å². The van der Waals surface area contributed by atoms with Gasteiger partial charge in [-0.05, 0) is 43.1 Å². The Labute approximate surface area is 129 Å². The first-order chi connectivity index (χ1) is 9.67. The molecule has 0 aliphatic rings. The largest absolute Gasteiger partial charge is 0.305 e. The fourth-order valence-corrected chi connectivity index (χ4v) is 2.77. The van der Waals surface area contributed by atoms with E-state index in [0.717, 1.165) is 24.0 Å². The van der Waals surface area contributed by atoms with Crippen molar-refractivity contribution in [2.45, 2.75) is 39.8 Å². The second-order valence-corrected chi connectivity index (χ2v) is 5.83. The average molecular weight is 336 g/mol. The van der Waals surface area contributed by atoms with E-state index in [1.165, 1.54) is 16.8 Å². The van der Waals surface area contributed by atoms with Crippen LogP contribution in [0.15, 0.2) is 34.9 Å². The van der Waals surface area contributed by atoms with Crippen molar-refractivity contribution < 1.29 is 0 Å². The van der Waals surface area contributed by atoms with E-state index in [0.29, 0.717) is 0 Å². The molecule has 108 valence electrons. The number of aryl methyl sites for hydroxylation is 2. The lowest BCUT2D eigenvalue weighted by Crippen LogP contribution is -2.25. The first-order valence-corrected chi connectivity index (χ1v) is 7.97. The Hall–Kier alpha value is -1.13. The van der Waals surface area contributed by atoms with E-state index in [1.54, 1.807) is 0 Å². The van der Waals surface area contributed by atoms with Crippen molar-refractivity contribution in [1.29, 1.82) is 0 Å². The van der Waals surface area contributed by atoms with Gasteiger partial charge in [-0.15, -0.1) is 0 Å². The van der Waals surface area contributed by atoms with Crippen molar-refractivity contribution in [2.75, 3.05) is 6.54 Å². The fraction of sp³-hybridized carbons (Fsp3) is 0.438. The Bertz CT molecular complexity index is 563. The maximum Gasteiger partial charge on any atom is 0.0748 e. The van der Waals surface area contributed by atoms with E-state index < -0.39 is 0 Å². The van der Waals surface area contributed by atoms with E-state index in [1.807, 2.05) is 6.20 Å². The highest BCUT2D eigenvalue weighted by Crippen LogP contribution is 2.26. The third-order valence-corrected chi connectivity index (χ3v) is 4.27. The molecule has 1 atom stereocenters. The van der Waals surface area contributed by atoms with Crippen LogP contribution in [-0.2, 0) is 6.54 Å². The lowest BCUT2D eigenvalue weighted by Gasteiger charge is -2.20. The van der Waals surface area contributed by atoms with E-state index >= 15 is 0 Å². The van der Waals surface area contributed by atoms with Gasteiger partial charge < -0.3 is 5.32 Å². The van der Waals surface area contributed by atoms with Crippen molar-refractivity contribution in [1.82, 2.24) is 15.1 Å². The number of halogens is 1. The Kier molecular flexibility index (Phi) is 5.38. The van der Waals surface area contributed by atoms with Gasteiger partial charge in [-0.2, -0.15) is 5.10 Å². The number of nitrogens with zero attached hydrogens (tertiary/aromatic N) is 2. The summed E-state index contributed by atoms with van der Waals surface area (Å²) in [5, 5.41) is 8.00. The zero-order valence-electron chi connectivity index (χ0n) is 12.4. The Morgan fingerprint density at radius 1 is 1.30 bits per heavy atom. The summed E-state index contributed by atoms with van der Waals surface area (Å²) >= 11 is 3.63. The predicted octanol–water partition coefficient (Wildman–Crippen LogP) is 4.06. The van der Waals surface area contributed by atoms with Gasteiger partial charge in [-0.25, -0.2) is 0 Å². The summed E-state index contributed by atoms with van der Waals surface area (Å²) in [6.07, 6.45) is 2.98. The van der Waals surface area contributed by atoms with Crippen molar-refractivity contribution >= 4 is 15.9 Å². The number of nitrogens with one attached hydrogen (secondary N) is 1. The van der Waals surface area contributed by atoms with Gasteiger partial charge in [0, 0.05) is 17.2 Å². The smallest absolute Gasteiger partial charge is 0.0748 e. The number of aromatic nitrogens is 2. The highest BCUT2D eigenvalue weighted by molar-refractivity contribution is 9.10. The fourth-order valence-electron chi connectivity index (χ4n) is 2.37. The maximum atomic E-state index is 4.44. The highest BCUT2D eigenvalue weighted by Gasteiger charge is 2.17. The standard InChI is InChI=1S/C16H22BrN3/c1-4-10-20-15(8-9-19-20)16(18-5-2)13-7-6-12(3)14(17)11-13/h6-9,11,16,18H,4-5,10H2,1-3H3. The summed E-state index contributed by atoms with van der Waals surface area (Å²) in [7, 11) is 0. The molecular formula is C16H22BrN3. The number of hydrogen-bond donors (Lipinski definition) is 1. The summed E-state index contributed by atoms with van der Waals surface area (Å²) in [6.45, 7) is 8.30. The second-order valence-electron chi connectivity index (χ2n) is 4.98. The van der Waals surface area contributed by atoms with Gasteiger partial charge in [-0.3, -0.25) is 4.68 Å². The van der Waals surface area contributed by atoms with Gasteiger partial charge in [0.15, 0.2) is 0 Å². The van der Waals surface area contributed by atoms with Crippen molar-refractivity contribution in [2.24, 2.45) is 0 Å². The molecule has 0 saturated heterocycles. The van der Waals surface area contributed by atoms with Gasteiger partial charge in [0.05, 0.1) is 11.7 Å². The molecule has 0 aliphatic carbocycles. The molecule has 1 N–H and O–H groups in total. The predicted molar refractivity (Wildman–Crippen MR) is 86.9 cm³/mol. The number of hydrogen-bond acceptors (Lipinski definition) is 2. The van der Waals surface area contributed by atoms with Gasteiger partial charge in [0.2, 0.25) is 0 Å². The normalized spacial score (nSPS) is 12.6. The maximum absolute atomic E-state index is 4.44. The summed E-state index contributed by atoms with van der Waals surface area (Å²) in [6, 6.07) is 8.84. The van der Waals surface area contributed by atoms with Gasteiger partial charge in [-0.1, -0.05) is 41.9 Å². The molecule has 2 aromatic rings. The van der Waals surface area contributed by atoms with Crippen LogP contribution in [0.4, 0.5) is 0 Å². The van der Waals surface area contributed by atoms with E-state index in [4.69, 9.17) is 0 Å². The van der Waals surface area contributed by atoms with Gasteiger partial charge in [0.25, 0.3) is 0 Å². The van der Waals surface area contributed by atoms with Crippen LogP contribution in [0.1, 0.15) is 43.1 Å². The molecule has 1 aromatic heterocycles. The molecule has 0 aliphatic heterocycles. The number of benzene rings is 1. The summed E-state index contributed by atoms with van der Waals surface area (Å²) in [5.74, 6) is 0. The van der Waals surface area contributed by atoms with Crippen LogP contribution in [0.5, 0.6) is 0 Å². The van der Waals surface area contributed by atoms with E-state index in [-0.39, 0.29) is 6.04 Å². The summed E-state index contributed by atoms with van der Waals surface area (Å²) in [5.41, 5.74) is 3.75. The molecule has 1 unspecified atom stereocenters. The molecule has 2 rings (SSSR count). The molecule has 0 amide bonds. The molecule has 0 bridgehead atoms. The highest BCUT2D eigenvalue weighted by atomic mass is 79.9. The molecule has 3 nitrogen and oxygen atoms in total. The minimum Gasteiger partial charge on any atom is -0.305 e. The van der Waals surface area contributed by atoms with Crippen LogP contribution in [0.3, 0.4) is 0 Å². The molecule has 0 saturated carbocycles. The van der Waals surface area contributed by atoms with Crippen LogP contribution in [-0.4, -0.2) is 16.3 Å². The second kappa shape index (κ2) is 7.04. The van der Waals surface area contributed by atoms with Crippen molar-refractivity contribution in [3.8, 4) is 0 Å². The quantitative estimate of drug-likeness (QED) is 0.862. The van der Waals surface area contributed by atoms with Gasteiger partial charge >= 0.3 is 0 Å². The lowest BCUT2D eigenvalue weighted by atomic mass is 10.0. The Balaban J connectivity index is 2.39. The van der Waals surface area contributed by atoms with Crippen molar-refractivity contribution in [3.63, 3.8) is 0 Å². The SMILES string of the molecule is CCCn1nccc1C(NCC)c1ccc(C)c(Br)c1. The monoisotopic (exact) mass is 335 g/mol. The first kappa shape index (κ1) is 15.3. The van der Waals surface area contributed by atoms with Crippen LogP contribution in [0.25, 0.3) is 0 Å². The third-order valence-electron chi connectivity index (χ3n) is 3.42. The van der Waals surface area contributed by atoms with E-state index in [9.17, 15) is 0 Å². The molecular weight excluding hydrogens is 314 g/mol. The van der Waals surface area contributed by atoms with E-state index in [2.05, 4.69) is 76.1 Å². The zero-order chi connectivity index (χ0) is 14.5. The molecule has 0 spiro atoms. The summed E-state index contributed by atoms with van der Waals surface area (Å²) < 4.78 is 3.25. The summed E-state index contributed by atoms with van der Waals surface area (Å²) in [4.78, 5) is 0. The van der Waals surface area contributed by atoms with Crippen LogP contribution < -0.4 is 5.32 Å². The van der Waals surface area contributed by atoms with Crippen molar-refractivity contribution in [3.05, 3.63) is 51.8 Å². The zero-order valence-corrected chi connectivity index (χ0v) is 13.9. The Morgan fingerprint density at radius 2 is 2.10 bits per heavy atom. The Morgan fingerprint density at radius 3 is 2.75 bits per heavy atom. The molecule has 1 aromatic carbocycles. The van der Waals surface area contributed by atoms with Crippen LogP contribution >= 0.6 is 15.9 Å². The third kappa shape index (κ3) is 3.30. The molecule has 0 radical (unpaired) electrons. The average Bonchev–Trinajstić information content (AvgIpc) is 2.88. The molecule has 20 heavy (non-hydrogen) atoms. The first-order valence-electron chi connectivity index (χ1n) is 7.18. The van der Waals surface area contributed by atoms with Crippen LogP contribution in [0, 0.1) is 6.92 Å². The topological polar surface area (TPSA) is 29.9 Å². The molecule has 4 heteroatoms. The molecule has 0 fully saturated rings. The minimum atomic E-state index is 0.186. The lowest BCUT2D eigenvalue weighted by molar-refractivity contribution is 0.520. The number of rotatable bonds is 6. The van der Waals surface area contributed by atoms with Crippen LogP contribution in [0.2, 0.25) is 0 Å². The molecule has 1 heterocycles.